The summed E-state index contributed by atoms with van der Waals surface area (Å²) in [5.41, 5.74) is 2.14. The van der Waals surface area contributed by atoms with Gasteiger partial charge in [-0.25, -0.2) is 4.79 Å². The van der Waals surface area contributed by atoms with Crippen molar-refractivity contribution in [1.82, 2.24) is 19.5 Å². The number of imidazole rings is 1. The lowest BCUT2D eigenvalue weighted by atomic mass is 10.1. The maximum Gasteiger partial charge on any atom is 0.326 e. The highest BCUT2D eigenvalue weighted by atomic mass is 35.5. The Labute approximate surface area is 174 Å². The van der Waals surface area contributed by atoms with E-state index in [-0.39, 0.29) is 18.0 Å². The second-order valence-corrected chi connectivity index (χ2v) is 7.24. The number of halogens is 1. The topological polar surface area (TPSA) is 92.8 Å². The van der Waals surface area contributed by atoms with Crippen molar-refractivity contribution in [3.8, 4) is 11.5 Å². The standard InChI is InChI=1S/C22H15ClN4O3/c23-13-3-6-20-19(8-13)26-22(29)27(20)12-21(28)17-11-25-18-9-14(4-5-16(17)18)30-15-2-1-7-24-10-15/h1-11,25H,12H2,(H,26,29). The molecule has 2 N–H and O–H groups in total. The first-order valence-corrected chi connectivity index (χ1v) is 9.56. The highest BCUT2D eigenvalue weighted by molar-refractivity contribution is 6.31. The van der Waals surface area contributed by atoms with Crippen LogP contribution in [-0.2, 0) is 6.54 Å². The number of ether oxygens (including phenoxy) is 1. The second kappa shape index (κ2) is 7.20. The zero-order valence-corrected chi connectivity index (χ0v) is 16.3. The Kier molecular flexibility index (Phi) is 4.37. The first kappa shape index (κ1) is 18.2. The SMILES string of the molecule is O=C(Cn1c(=O)[nH]c2cc(Cl)ccc21)c1c[nH]c2cc(Oc3cccnc3)ccc12. The molecule has 3 heterocycles. The molecule has 0 unspecified atom stereocenters. The van der Waals surface area contributed by atoms with Crippen LogP contribution >= 0.6 is 11.6 Å². The van der Waals surface area contributed by atoms with Gasteiger partial charge >= 0.3 is 5.69 Å². The predicted octanol–water partition coefficient (Wildman–Crippen LogP) is 4.53. The molecule has 30 heavy (non-hydrogen) atoms. The summed E-state index contributed by atoms with van der Waals surface area (Å²) < 4.78 is 7.20. The van der Waals surface area contributed by atoms with Crippen LogP contribution in [-0.4, -0.2) is 25.3 Å². The number of H-pyrrole nitrogens is 2. The average molecular weight is 419 g/mol. The maximum absolute atomic E-state index is 13.0. The number of fused-ring (bicyclic) bond motifs is 2. The van der Waals surface area contributed by atoms with Crippen molar-refractivity contribution < 1.29 is 9.53 Å². The largest absolute Gasteiger partial charge is 0.456 e. The second-order valence-electron chi connectivity index (χ2n) is 6.80. The van der Waals surface area contributed by atoms with Gasteiger partial charge in [0.05, 0.1) is 23.8 Å². The van der Waals surface area contributed by atoms with Gasteiger partial charge in [-0.2, -0.15) is 0 Å². The highest BCUT2D eigenvalue weighted by Crippen LogP contribution is 2.27. The minimum Gasteiger partial charge on any atom is -0.456 e. The maximum atomic E-state index is 13.0. The number of hydrogen-bond acceptors (Lipinski definition) is 4. The van der Waals surface area contributed by atoms with E-state index in [1.165, 1.54) is 4.57 Å². The first-order chi connectivity index (χ1) is 14.6. The first-order valence-electron chi connectivity index (χ1n) is 9.19. The van der Waals surface area contributed by atoms with E-state index in [1.54, 1.807) is 48.9 Å². The van der Waals surface area contributed by atoms with Crippen LogP contribution in [0.4, 0.5) is 0 Å². The van der Waals surface area contributed by atoms with Crippen molar-refractivity contribution in [2.45, 2.75) is 6.54 Å². The summed E-state index contributed by atoms with van der Waals surface area (Å²) in [5.74, 6) is 1.07. The molecule has 0 fully saturated rings. The van der Waals surface area contributed by atoms with Crippen molar-refractivity contribution >= 4 is 39.3 Å². The Morgan fingerprint density at radius 3 is 2.83 bits per heavy atom. The van der Waals surface area contributed by atoms with E-state index < -0.39 is 0 Å². The van der Waals surface area contributed by atoms with Crippen LogP contribution in [0, 0.1) is 0 Å². The zero-order valence-electron chi connectivity index (χ0n) is 15.6. The third-order valence-electron chi connectivity index (χ3n) is 4.86. The number of carbonyl (C=O) groups is 1. The molecule has 0 bridgehead atoms. The van der Waals surface area contributed by atoms with Gasteiger partial charge in [0.1, 0.15) is 11.5 Å². The van der Waals surface area contributed by atoms with Gasteiger partial charge in [-0.3, -0.25) is 14.3 Å². The number of carbonyl (C=O) groups excluding carboxylic acids is 1. The zero-order chi connectivity index (χ0) is 20.7. The summed E-state index contributed by atoms with van der Waals surface area (Å²) in [4.78, 5) is 35.1. The van der Waals surface area contributed by atoms with Crippen molar-refractivity contribution in [2.75, 3.05) is 0 Å². The molecule has 0 aliphatic carbocycles. The number of rotatable bonds is 5. The Morgan fingerprint density at radius 2 is 2.00 bits per heavy atom. The lowest BCUT2D eigenvalue weighted by molar-refractivity contribution is 0.0974. The molecule has 0 amide bonds. The number of pyridine rings is 1. The van der Waals surface area contributed by atoms with Gasteiger partial charge < -0.3 is 14.7 Å². The van der Waals surface area contributed by atoms with E-state index >= 15 is 0 Å². The number of ketones is 1. The molecule has 0 aliphatic rings. The molecule has 5 rings (SSSR count). The van der Waals surface area contributed by atoms with Crippen LogP contribution in [0.1, 0.15) is 10.4 Å². The van der Waals surface area contributed by atoms with Crippen molar-refractivity contribution in [3.63, 3.8) is 0 Å². The average Bonchev–Trinajstić information content (AvgIpc) is 3.29. The number of nitrogens with one attached hydrogen (secondary N) is 2. The van der Waals surface area contributed by atoms with Crippen LogP contribution < -0.4 is 10.4 Å². The molecule has 0 aliphatic heterocycles. The molecule has 8 heteroatoms. The van der Waals surface area contributed by atoms with Crippen LogP contribution in [0.25, 0.3) is 21.9 Å². The van der Waals surface area contributed by atoms with Crippen LogP contribution in [0.15, 0.2) is 71.9 Å². The van der Waals surface area contributed by atoms with Gasteiger partial charge in [-0.05, 0) is 42.5 Å². The molecule has 148 valence electrons. The van der Waals surface area contributed by atoms with Crippen LogP contribution in [0.3, 0.4) is 0 Å². The smallest absolute Gasteiger partial charge is 0.326 e. The van der Waals surface area contributed by atoms with E-state index in [2.05, 4.69) is 15.0 Å². The Morgan fingerprint density at radius 1 is 1.10 bits per heavy atom. The molecular formula is C22H15ClN4O3. The minimum atomic E-state index is -0.354. The van der Waals surface area contributed by atoms with Crippen molar-refractivity contribution in [2.24, 2.45) is 0 Å². The fraction of sp³-hybridized carbons (Fsp3) is 0.0455. The molecule has 7 nitrogen and oxygen atoms in total. The highest BCUT2D eigenvalue weighted by Gasteiger charge is 2.16. The summed E-state index contributed by atoms with van der Waals surface area (Å²) in [7, 11) is 0. The summed E-state index contributed by atoms with van der Waals surface area (Å²) in [5, 5.41) is 1.28. The van der Waals surface area contributed by atoms with Gasteiger partial charge in [0, 0.05) is 39.9 Å². The quantitative estimate of drug-likeness (QED) is 0.410. The number of Topliss-reactive ketones (excluding diaryl/α,β-unsaturated/α-hetero) is 1. The van der Waals surface area contributed by atoms with Crippen molar-refractivity contribution in [1.29, 1.82) is 0 Å². The lowest BCUT2D eigenvalue weighted by Crippen LogP contribution is -2.21. The third kappa shape index (κ3) is 3.25. The monoisotopic (exact) mass is 418 g/mol. The molecule has 0 atom stereocenters. The fourth-order valence-electron chi connectivity index (χ4n) is 3.46. The minimum absolute atomic E-state index is 0.0820. The number of aromatic nitrogens is 4. The summed E-state index contributed by atoms with van der Waals surface area (Å²) in [6.07, 6.45) is 4.95. The number of benzene rings is 2. The van der Waals surface area contributed by atoms with E-state index in [4.69, 9.17) is 16.3 Å². The molecule has 3 aromatic heterocycles. The molecule has 5 aromatic rings. The number of hydrogen-bond donors (Lipinski definition) is 2. The molecule has 2 aromatic carbocycles. The Bertz CT molecular complexity index is 1450. The molecule has 0 spiro atoms. The summed E-state index contributed by atoms with van der Waals surface area (Å²) in [6, 6.07) is 14.1. The van der Waals surface area contributed by atoms with Gasteiger partial charge in [-0.1, -0.05) is 11.6 Å². The van der Waals surface area contributed by atoms with Gasteiger partial charge in [0.25, 0.3) is 0 Å². The van der Waals surface area contributed by atoms with E-state index in [9.17, 15) is 9.59 Å². The van der Waals surface area contributed by atoms with Crippen molar-refractivity contribution in [3.05, 3.63) is 88.2 Å². The Balaban J connectivity index is 1.44. The summed E-state index contributed by atoms with van der Waals surface area (Å²) >= 11 is 5.98. The van der Waals surface area contributed by atoms with E-state index in [1.807, 2.05) is 18.2 Å². The van der Waals surface area contributed by atoms with E-state index in [0.29, 0.717) is 33.1 Å². The Hall–Kier alpha value is -3.84. The molecule has 0 saturated carbocycles. The van der Waals surface area contributed by atoms with Gasteiger partial charge in [-0.15, -0.1) is 0 Å². The van der Waals surface area contributed by atoms with Gasteiger partial charge in [0.2, 0.25) is 0 Å². The molecular weight excluding hydrogens is 404 g/mol. The predicted molar refractivity (Wildman–Crippen MR) is 115 cm³/mol. The van der Waals surface area contributed by atoms with Gasteiger partial charge in [0.15, 0.2) is 5.78 Å². The van der Waals surface area contributed by atoms with Crippen LogP contribution in [0.2, 0.25) is 5.02 Å². The molecule has 0 saturated heterocycles. The number of nitrogens with zero attached hydrogens (tertiary/aromatic N) is 2. The third-order valence-corrected chi connectivity index (χ3v) is 5.10. The lowest BCUT2D eigenvalue weighted by Gasteiger charge is -2.05. The fourth-order valence-corrected chi connectivity index (χ4v) is 3.64. The normalized spacial score (nSPS) is 11.2. The molecule has 0 radical (unpaired) electrons. The van der Waals surface area contributed by atoms with Crippen LogP contribution in [0.5, 0.6) is 11.5 Å². The number of aromatic amines is 2. The van der Waals surface area contributed by atoms with E-state index in [0.717, 1.165) is 10.9 Å². The summed E-state index contributed by atoms with van der Waals surface area (Å²) in [6.45, 7) is -0.0820.